The maximum atomic E-state index is 5.71. The van der Waals surface area contributed by atoms with Crippen LogP contribution in [-0.4, -0.2) is 14.7 Å². The fourth-order valence-corrected chi connectivity index (χ4v) is 4.50. The maximum absolute atomic E-state index is 5.71. The van der Waals surface area contributed by atoms with Crippen LogP contribution in [0.4, 0.5) is 0 Å². The molecule has 3 heterocycles. The summed E-state index contributed by atoms with van der Waals surface area (Å²) in [6, 6.07) is 20.7. The molecule has 0 aliphatic heterocycles. The fourth-order valence-electron chi connectivity index (χ4n) is 3.51. The van der Waals surface area contributed by atoms with Gasteiger partial charge in [0, 0.05) is 28.9 Å². The Labute approximate surface area is 173 Å². The van der Waals surface area contributed by atoms with E-state index in [-0.39, 0.29) is 0 Å². The highest BCUT2D eigenvalue weighted by Gasteiger charge is 2.21. The van der Waals surface area contributed by atoms with Crippen LogP contribution in [0, 0.1) is 13.8 Å². The minimum absolute atomic E-state index is 0.538. The van der Waals surface area contributed by atoms with Crippen LogP contribution in [0.25, 0.3) is 39.0 Å². The predicted molar refractivity (Wildman–Crippen MR) is 117 cm³/mol. The van der Waals surface area contributed by atoms with E-state index in [9.17, 15) is 0 Å². The van der Waals surface area contributed by atoms with Gasteiger partial charge >= 0.3 is 0 Å². The molecule has 2 aromatic carbocycles. The van der Waals surface area contributed by atoms with E-state index >= 15 is 0 Å². The zero-order valence-corrected chi connectivity index (χ0v) is 17.0. The van der Waals surface area contributed by atoms with E-state index in [1.165, 1.54) is 11.1 Å². The van der Waals surface area contributed by atoms with Crippen molar-refractivity contribution in [3.05, 3.63) is 89.6 Å². The lowest BCUT2D eigenvalue weighted by molar-refractivity contribution is 0.433. The second kappa shape index (κ2) is 7.18. The number of benzene rings is 2. The predicted octanol–water partition coefficient (Wildman–Crippen LogP) is 6.54. The highest BCUT2D eigenvalue weighted by atomic mass is 32.1. The van der Waals surface area contributed by atoms with Crippen molar-refractivity contribution in [2.45, 2.75) is 13.8 Å². The summed E-state index contributed by atoms with van der Waals surface area (Å²) < 4.78 is 7.82. The van der Waals surface area contributed by atoms with Gasteiger partial charge < -0.3 is 9.09 Å². The van der Waals surface area contributed by atoms with Gasteiger partial charge in [-0.3, -0.25) is 0 Å². The molecule has 0 aliphatic carbocycles. The highest BCUT2D eigenvalue weighted by Crippen LogP contribution is 2.41. The third-order valence-corrected chi connectivity index (χ3v) is 5.92. The van der Waals surface area contributed by atoms with E-state index in [0.29, 0.717) is 11.7 Å². The van der Waals surface area contributed by atoms with Crippen molar-refractivity contribution in [1.29, 1.82) is 0 Å². The minimum Gasteiger partial charge on any atom is -0.333 e. The third-order valence-electron chi connectivity index (χ3n) is 4.96. The Bertz CT molecular complexity index is 1280. The summed E-state index contributed by atoms with van der Waals surface area (Å²) in [5.41, 5.74) is 6.73. The zero-order chi connectivity index (χ0) is 19.8. The molecule has 29 heavy (non-hydrogen) atoms. The average molecular weight is 398 g/mol. The number of nitrogens with zero attached hydrogens (tertiary/aromatic N) is 3. The standard InChI is InChI=1S/C24H19N3OS/c1-16-8-7-10-18(14-16)20-15-29-22(21(20)27-12-5-6-13-27)24-25-23(26-28-24)19-11-4-3-9-17(19)2/h3-15H,1-2H3. The molecule has 0 amide bonds. The molecule has 0 radical (unpaired) electrons. The van der Waals surface area contributed by atoms with Crippen LogP contribution in [0.1, 0.15) is 11.1 Å². The molecule has 0 aliphatic rings. The van der Waals surface area contributed by atoms with Crippen LogP contribution < -0.4 is 0 Å². The van der Waals surface area contributed by atoms with Crippen molar-refractivity contribution in [3.8, 4) is 39.0 Å². The summed E-state index contributed by atoms with van der Waals surface area (Å²) in [5.74, 6) is 1.15. The number of rotatable bonds is 4. The molecule has 0 N–H and O–H groups in total. The van der Waals surface area contributed by atoms with Crippen molar-refractivity contribution in [2.24, 2.45) is 0 Å². The van der Waals surface area contributed by atoms with Gasteiger partial charge in [-0.25, -0.2) is 0 Å². The molecule has 0 bridgehead atoms. The molecule has 0 unspecified atom stereocenters. The molecular weight excluding hydrogens is 378 g/mol. The quantitative estimate of drug-likeness (QED) is 0.346. The summed E-state index contributed by atoms with van der Waals surface area (Å²) in [4.78, 5) is 5.69. The summed E-state index contributed by atoms with van der Waals surface area (Å²) in [6.45, 7) is 4.16. The molecule has 0 saturated carbocycles. The van der Waals surface area contributed by atoms with Gasteiger partial charge in [0.1, 0.15) is 4.88 Å². The Kier molecular flexibility index (Phi) is 4.37. The van der Waals surface area contributed by atoms with Crippen LogP contribution in [0.15, 0.2) is 83.0 Å². The van der Waals surface area contributed by atoms with Gasteiger partial charge in [0.05, 0.1) is 5.69 Å². The largest absolute Gasteiger partial charge is 0.333 e. The third kappa shape index (κ3) is 3.19. The second-order valence-corrected chi connectivity index (χ2v) is 7.90. The summed E-state index contributed by atoms with van der Waals surface area (Å²) in [7, 11) is 0. The van der Waals surface area contributed by atoms with Crippen molar-refractivity contribution in [1.82, 2.24) is 14.7 Å². The Morgan fingerprint density at radius 3 is 2.52 bits per heavy atom. The van der Waals surface area contributed by atoms with Crippen molar-refractivity contribution >= 4 is 11.3 Å². The topological polar surface area (TPSA) is 43.9 Å². The number of thiophene rings is 1. The molecule has 142 valence electrons. The lowest BCUT2D eigenvalue weighted by Crippen LogP contribution is -1.93. The fraction of sp³-hybridized carbons (Fsp3) is 0.0833. The van der Waals surface area contributed by atoms with E-state index < -0.39 is 0 Å². The summed E-state index contributed by atoms with van der Waals surface area (Å²) >= 11 is 1.62. The molecule has 5 aromatic rings. The molecule has 5 rings (SSSR count). The van der Waals surface area contributed by atoms with Crippen LogP contribution in [0.2, 0.25) is 0 Å². The van der Waals surface area contributed by atoms with Gasteiger partial charge in [-0.15, -0.1) is 11.3 Å². The number of hydrogen-bond acceptors (Lipinski definition) is 4. The van der Waals surface area contributed by atoms with Gasteiger partial charge in [-0.05, 0) is 37.1 Å². The van der Waals surface area contributed by atoms with E-state index in [1.807, 2.05) is 42.7 Å². The monoisotopic (exact) mass is 397 g/mol. The van der Waals surface area contributed by atoms with Crippen LogP contribution >= 0.6 is 11.3 Å². The first kappa shape index (κ1) is 17.6. The van der Waals surface area contributed by atoms with Gasteiger partial charge in [0.15, 0.2) is 0 Å². The van der Waals surface area contributed by atoms with E-state index in [4.69, 9.17) is 9.51 Å². The molecule has 4 nitrogen and oxygen atoms in total. The summed E-state index contributed by atoms with van der Waals surface area (Å²) in [6.07, 6.45) is 4.09. The highest BCUT2D eigenvalue weighted by molar-refractivity contribution is 7.14. The number of hydrogen-bond donors (Lipinski definition) is 0. The van der Waals surface area contributed by atoms with Crippen molar-refractivity contribution in [2.75, 3.05) is 0 Å². The van der Waals surface area contributed by atoms with Gasteiger partial charge in [0.25, 0.3) is 5.89 Å². The van der Waals surface area contributed by atoms with Gasteiger partial charge in [-0.1, -0.05) is 59.3 Å². The first-order valence-electron chi connectivity index (χ1n) is 9.42. The normalized spacial score (nSPS) is 11.1. The molecule has 3 aromatic heterocycles. The second-order valence-electron chi connectivity index (χ2n) is 7.02. The molecule has 0 saturated heterocycles. The average Bonchev–Trinajstić information content (AvgIpc) is 3.47. The minimum atomic E-state index is 0.538. The van der Waals surface area contributed by atoms with Crippen molar-refractivity contribution < 1.29 is 4.52 Å². The zero-order valence-electron chi connectivity index (χ0n) is 16.2. The van der Waals surface area contributed by atoms with E-state index in [2.05, 4.69) is 59.3 Å². The smallest absolute Gasteiger partial charge is 0.270 e. The van der Waals surface area contributed by atoms with E-state index in [1.54, 1.807) is 11.3 Å². The van der Waals surface area contributed by atoms with Crippen LogP contribution in [-0.2, 0) is 0 Å². The summed E-state index contributed by atoms with van der Waals surface area (Å²) in [5, 5.41) is 6.42. The molecule has 0 spiro atoms. The Balaban J connectivity index is 1.66. The first-order chi connectivity index (χ1) is 14.2. The van der Waals surface area contributed by atoms with Crippen molar-refractivity contribution in [3.63, 3.8) is 0 Å². The molecule has 5 heteroatoms. The molecule has 0 fully saturated rings. The SMILES string of the molecule is Cc1cccc(-c2csc(-c3nc(-c4ccccc4C)no3)c2-n2cccc2)c1. The molecular formula is C24H19N3OS. The van der Waals surface area contributed by atoms with Gasteiger partial charge in [0.2, 0.25) is 5.82 Å². The van der Waals surface area contributed by atoms with Crippen LogP contribution in [0.3, 0.4) is 0 Å². The maximum Gasteiger partial charge on any atom is 0.270 e. The van der Waals surface area contributed by atoms with Crippen LogP contribution in [0.5, 0.6) is 0 Å². The molecule has 0 atom stereocenters. The first-order valence-corrected chi connectivity index (χ1v) is 10.3. The Morgan fingerprint density at radius 1 is 0.897 bits per heavy atom. The Morgan fingerprint density at radius 2 is 1.72 bits per heavy atom. The lowest BCUT2D eigenvalue weighted by Gasteiger charge is -2.08. The Hall–Kier alpha value is -3.44. The van der Waals surface area contributed by atoms with Gasteiger partial charge in [-0.2, -0.15) is 4.98 Å². The number of aromatic nitrogens is 3. The lowest BCUT2D eigenvalue weighted by atomic mass is 10.0. The van der Waals surface area contributed by atoms with E-state index in [0.717, 1.165) is 27.3 Å². The number of aryl methyl sites for hydroxylation is 2.